The van der Waals surface area contributed by atoms with E-state index in [1.54, 1.807) is 6.20 Å². The predicted octanol–water partition coefficient (Wildman–Crippen LogP) is 3.23. The van der Waals surface area contributed by atoms with E-state index in [1.165, 1.54) is 30.8 Å². The van der Waals surface area contributed by atoms with Crippen molar-refractivity contribution in [1.29, 1.82) is 0 Å². The van der Waals surface area contributed by atoms with Crippen LogP contribution in [-0.4, -0.2) is 28.7 Å². The van der Waals surface area contributed by atoms with Crippen molar-refractivity contribution in [2.75, 3.05) is 17.7 Å². The molecule has 0 spiro atoms. The van der Waals surface area contributed by atoms with Gasteiger partial charge in [0.05, 0.1) is 24.7 Å². The van der Waals surface area contributed by atoms with E-state index < -0.39 is 11.7 Å². The zero-order valence-corrected chi connectivity index (χ0v) is 14.7. The van der Waals surface area contributed by atoms with Gasteiger partial charge in [-0.3, -0.25) is 9.59 Å². The van der Waals surface area contributed by atoms with Crippen LogP contribution in [0.1, 0.15) is 17.4 Å². The number of hydrogen-bond acceptors (Lipinski definition) is 4. The van der Waals surface area contributed by atoms with Crippen LogP contribution in [0.2, 0.25) is 0 Å². The summed E-state index contributed by atoms with van der Waals surface area (Å²) < 4.78 is 20.8. The van der Waals surface area contributed by atoms with Crippen molar-refractivity contribution in [1.82, 2.24) is 9.78 Å². The Morgan fingerprint density at radius 2 is 1.85 bits per heavy atom. The molecule has 0 aliphatic carbocycles. The molecule has 0 saturated heterocycles. The van der Waals surface area contributed by atoms with Gasteiger partial charge in [0.2, 0.25) is 5.91 Å². The normalized spacial score (nSPS) is 10.3. The summed E-state index contributed by atoms with van der Waals surface area (Å²) in [4.78, 5) is 23.8. The van der Waals surface area contributed by atoms with Crippen LogP contribution in [0.4, 0.5) is 15.8 Å². The fourth-order valence-electron chi connectivity index (χ4n) is 2.46. The van der Waals surface area contributed by atoms with Crippen molar-refractivity contribution in [2.24, 2.45) is 0 Å². The molecule has 0 bridgehead atoms. The first-order valence-corrected chi connectivity index (χ1v) is 8.05. The van der Waals surface area contributed by atoms with Gasteiger partial charge in [-0.2, -0.15) is 5.10 Å². The summed E-state index contributed by atoms with van der Waals surface area (Å²) in [6, 6.07) is 13.1. The van der Waals surface area contributed by atoms with Gasteiger partial charge < -0.3 is 15.4 Å². The van der Waals surface area contributed by atoms with Crippen molar-refractivity contribution in [3.8, 4) is 11.4 Å². The predicted molar refractivity (Wildman–Crippen MR) is 98.8 cm³/mol. The monoisotopic (exact) mass is 368 g/mol. The number of carbonyl (C=O) groups excluding carboxylic acids is 2. The maximum atomic E-state index is 14.1. The lowest BCUT2D eigenvalue weighted by Gasteiger charge is -2.08. The first-order chi connectivity index (χ1) is 13.0. The van der Waals surface area contributed by atoms with Crippen LogP contribution in [0.3, 0.4) is 0 Å². The third-order valence-corrected chi connectivity index (χ3v) is 3.67. The number of anilines is 2. The number of amides is 2. The molecular weight excluding hydrogens is 351 g/mol. The van der Waals surface area contributed by atoms with E-state index in [9.17, 15) is 14.0 Å². The minimum atomic E-state index is -0.640. The van der Waals surface area contributed by atoms with Crippen LogP contribution in [0, 0.1) is 5.82 Å². The van der Waals surface area contributed by atoms with E-state index in [-0.39, 0.29) is 23.0 Å². The van der Waals surface area contributed by atoms with Gasteiger partial charge in [-0.05, 0) is 30.3 Å². The van der Waals surface area contributed by atoms with Gasteiger partial charge in [-0.15, -0.1) is 0 Å². The Morgan fingerprint density at radius 3 is 2.52 bits per heavy atom. The Hall–Kier alpha value is -3.68. The largest absolute Gasteiger partial charge is 0.493 e. The van der Waals surface area contributed by atoms with Gasteiger partial charge in [0, 0.05) is 12.6 Å². The number of methoxy groups -OCH3 is 1. The Balaban J connectivity index is 1.88. The van der Waals surface area contributed by atoms with E-state index in [1.807, 2.05) is 30.3 Å². The molecule has 8 heteroatoms. The quantitative estimate of drug-likeness (QED) is 0.724. The lowest BCUT2D eigenvalue weighted by Crippen LogP contribution is -2.15. The zero-order valence-electron chi connectivity index (χ0n) is 14.7. The molecule has 0 unspecified atom stereocenters. The molecule has 0 aliphatic rings. The highest BCUT2D eigenvalue weighted by Crippen LogP contribution is 2.23. The highest BCUT2D eigenvalue weighted by molar-refractivity contribution is 6.05. The van der Waals surface area contributed by atoms with Gasteiger partial charge in [0.1, 0.15) is 5.82 Å². The molecule has 27 heavy (non-hydrogen) atoms. The molecule has 0 atom stereocenters. The average Bonchev–Trinajstić information content (AvgIpc) is 3.09. The standard InChI is InChI=1S/C19H17FN4O3/c1-12(25)21-13-8-9-15(20)16(10-13)22-19(26)18-17(27-2)11-24(23-18)14-6-4-3-5-7-14/h3-11H,1-2H3,(H,21,25)(H,22,26). The summed E-state index contributed by atoms with van der Waals surface area (Å²) in [6.07, 6.45) is 1.56. The number of benzene rings is 2. The number of carbonyl (C=O) groups is 2. The zero-order chi connectivity index (χ0) is 19.4. The summed E-state index contributed by atoms with van der Waals surface area (Å²) in [5.41, 5.74) is 1.03. The first kappa shape index (κ1) is 18.1. The molecule has 0 fully saturated rings. The van der Waals surface area contributed by atoms with E-state index in [4.69, 9.17) is 4.74 Å². The number of para-hydroxylation sites is 1. The SMILES string of the molecule is COc1cn(-c2ccccc2)nc1C(=O)Nc1cc(NC(C)=O)ccc1F. The second kappa shape index (κ2) is 7.69. The first-order valence-electron chi connectivity index (χ1n) is 8.05. The number of rotatable bonds is 5. The molecule has 3 aromatic rings. The Kier molecular flexibility index (Phi) is 5.16. The molecular formula is C19H17FN4O3. The molecule has 1 heterocycles. The fraction of sp³-hybridized carbons (Fsp3) is 0.105. The second-order valence-electron chi connectivity index (χ2n) is 5.66. The third kappa shape index (κ3) is 4.12. The van der Waals surface area contributed by atoms with E-state index in [0.717, 1.165) is 11.8 Å². The minimum absolute atomic E-state index is 0.00526. The van der Waals surface area contributed by atoms with E-state index in [0.29, 0.717) is 5.69 Å². The number of aromatic nitrogens is 2. The fourth-order valence-corrected chi connectivity index (χ4v) is 2.46. The number of hydrogen-bond donors (Lipinski definition) is 2. The molecule has 0 saturated carbocycles. The number of nitrogens with one attached hydrogen (secondary N) is 2. The molecule has 0 radical (unpaired) electrons. The summed E-state index contributed by atoms with van der Waals surface area (Å²) in [7, 11) is 1.42. The van der Waals surface area contributed by atoms with Crippen LogP contribution in [0.15, 0.2) is 54.7 Å². The highest BCUT2D eigenvalue weighted by atomic mass is 19.1. The molecule has 2 aromatic carbocycles. The molecule has 2 N–H and O–H groups in total. The molecule has 0 aliphatic heterocycles. The van der Waals surface area contributed by atoms with Crippen molar-refractivity contribution < 1.29 is 18.7 Å². The van der Waals surface area contributed by atoms with Crippen LogP contribution < -0.4 is 15.4 Å². The van der Waals surface area contributed by atoms with Crippen LogP contribution in [-0.2, 0) is 4.79 Å². The van der Waals surface area contributed by atoms with Crippen molar-refractivity contribution in [3.05, 3.63) is 66.2 Å². The van der Waals surface area contributed by atoms with Gasteiger partial charge in [-0.25, -0.2) is 9.07 Å². The van der Waals surface area contributed by atoms with Crippen molar-refractivity contribution >= 4 is 23.2 Å². The Labute approximate surface area is 154 Å². The van der Waals surface area contributed by atoms with Gasteiger partial charge in [0.15, 0.2) is 11.4 Å². The lowest BCUT2D eigenvalue weighted by molar-refractivity contribution is -0.114. The topological polar surface area (TPSA) is 85.2 Å². The number of ether oxygens (including phenoxy) is 1. The molecule has 7 nitrogen and oxygen atoms in total. The summed E-state index contributed by atoms with van der Waals surface area (Å²) >= 11 is 0. The Bertz CT molecular complexity index is 986. The third-order valence-electron chi connectivity index (χ3n) is 3.67. The average molecular weight is 368 g/mol. The van der Waals surface area contributed by atoms with Gasteiger partial charge in [-0.1, -0.05) is 18.2 Å². The van der Waals surface area contributed by atoms with Gasteiger partial charge >= 0.3 is 0 Å². The number of nitrogens with zero attached hydrogens (tertiary/aromatic N) is 2. The maximum Gasteiger partial charge on any atom is 0.280 e. The maximum absolute atomic E-state index is 14.1. The summed E-state index contributed by atoms with van der Waals surface area (Å²) in [5, 5.41) is 9.23. The number of halogens is 1. The Morgan fingerprint density at radius 1 is 1.11 bits per heavy atom. The molecule has 1 aromatic heterocycles. The lowest BCUT2D eigenvalue weighted by atomic mass is 10.2. The second-order valence-corrected chi connectivity index (χ2v) is 5.66. The molecule has 138 valence electrons. The molecule has 3 rings (SSSR count). The van der Waals surface area contributed by atoms with E-state index >= 15 is 0 Å². The van der Waals surface area contributed by atoms with E-state index in [2.05, 4.69) is 15.7 Å². The summed E-state index contributed by atoms with van der Waals surface area (Å²) in [6.45, 7) is 1.34. The van der Waals surface area contributed by atoms with Crippen LogP contribution in [0.5, 0.6) is 5.75 Å². The van der Waals surface area contributed by atoms with Gasteiger partial charge in [0.25, 0.3) is 5.91 Å². The van der Waals surface area contributed by atoms with Crippen molar-refractivity contribution in [3.63, 3.8) is 0 Å². The van der Waals surface area contributed by atoms with Crippen LogP contribution >= 0.6 is 0 Å². The minimum Gasteiger partial charge on any atom is -0.493 e. The van der Waals surface area contributed by atoms with Crippen molar-refractivity contribution in [2.45, 2.75) is 6.92 Å². The van der Waals surface area contributed by atoms with Crippen LogP contribution in [0.25, 0.3) is 5.69 Å². The highest BCUT2D eigenvalue weighted by Gasteiger charge is 2.20. The smallest absolute Gasteiger partial charge is 0.280 e. The summed E-state index contributed by atoms with van der Waals surface area (Å²) in [5.74, 6) is -1.34. The molecule has 2 amide bonds.